The van der Waals surface area contributed by atoms with Crippen molar-refractivity contribution in [3.8, 4) is 0 Å². The van der Waals surface area contributed by atoms with Crippen molar-refractivity contribution in [1.82, 2.24) is 0 Å². The molecule has 1 saturated heterocycles. The molecular formula is C6H13PS3. The summed E-state index contributed by atoms with van der Waals surface area (Å²) in [5.74, 6) is 4.19. The van der Waals surface area contributed by atoms with Crippen LogP contribution in [0.25, 0.3) is 0 Å². The first kappa shape index (κ1) is 9.57. The summed E-state index contributed by atoms with van der Waals surface area (Å²) in [4.78, 5) is 0. The predicted molar refractivity (Wildman–Crippen MR) is 59.2 cm³/mol. The summed E-state index contributed by atoms with van der Waals surface area (Å²) < 4.78 is 0. The Labute approximate surface area is 76.7 Å². The maximum Gasteiger partial charge on any atom is 0.0729 e. The normalized spacial score (nSPS) is 20.1. The van der Waals surface area contributed by atoms with Gasteiger partial charge in [-0.05, 0) is 12.2 Å². The minimum Gasteiger partial charge on any atom is -0.112 e. The van der Waals surface area contributed by atoms with Crippen LogP contribution in [0.2, 0.25) is 0 Å². The second-order valence-electron chi connectivity index (χ2n) is 2.08. The van der Waals surface area contributed by atoms with Gasteiger partial charge in [0.25, 0.3) is 0 Å². The van der Waals surface area contributed by atoms with Gasteiger partial charge < -0.3 is 0 Å². The Bertz CT molecular complexity index is 83.1. The van der Waals surface area contributed by atoms with Gasteiger partial charge in [0.1, 0.15) is 0 Å². The van der Waals surface area contributed by atoms with Gasteiger partial charge in [-0.15, -0.1) is 34.1 Å². The maximum atomic E-state index is 2.27. The molecule has 0 N–H and O–H groups in total. The second-order valence-corrected chi connectivity index (χ2v) is 12.2. The summed E-state index contributed by atoms with van der Waals surface area (Å²) in [7, 11) is 0. The topological polar surface area (TPSA) is 0 Å². The third kappa shape index (κ3) is 3.75. The van der Waals surface area contributed by atoms with Crippen LogP contribution in [0.3, 0.4) is 0 Å². The summed E-state index contributed by atoms with van der Waals surface area (Å²) in [6.07, 6.45) is 2.76. The lowest BCUT2D eigenvalue weighted by Crippen LogP contribution is -1.71. The van der Waals surface area contributed by atoms with Gasteiger partial charge in [0.05, 0.1) is 5.53 Å². The van der Waals surface area contributed by atoms with Crippen LogP contribution in [-0.2, 0) is 0 Å². The van der Waals surface area contributed by atoms with Gasteiger partial charge in [-0.1, -0.05) is 13.3 Å². The van der Waals surface area contributed by atoms with Crippen LogP contribution in [0.5, 0.6) is 0 Å². The number of hydrogen-bond donors (Lipinski definition) is 0. The lowest BCUT2D eigenvalue weighted by Gasteiger charge is -2.04. The molecule has 0 nitrogen and oxygen atoms in total. The van der Waals surface area contributed by atoms with Crippen LogP contribution in [-0.4, -0.2) is 17.3 Å². The van der Waals surface area contributed by atoms with Crippen molar-refractivity contribution < 1.29 is 0 Å². The van der Waals surface area contributed by atoms with E-state index in [0.29, 0.717) is 5.53 Å². The summed E-state index contributed by atoms with van der Waals surface area (Å²) >= 11 is 6.57. The van der Waals surface area contributed by atoms with E-state index in [2.05, 4.69) is 41.1 Å². The first-order valence-corrected chi connectivity index (χ1v) is 9.73. The molecule has 1 aliphatic heterocycles. The van der Waals surface area contributed by atoms with Crippen molar-refractivity contribution in [2.24, 2.45) is 0 Å². The summed E-state index contributed by atoms with van der Waals surface area (Å²) in [5, 5.41) is 0. The van der Waals surface area contributed by atoms with Gasteiger partial charge in [0.15, 0.2) is 0 Å². The molecule has 0 radical (unpaired) electrons. The molecule has 0 aromatic rings. The van der Waals surface area contributed by atoms with Crippen molar-refractivity contribution in [3.63, 3.8) is 0 Å². The van der Waals surface area contributed by atoms with Gasteiger partial charge in [-0.3, -0.25) is 0 Å². The fourth-order valence-corrected chi connectivity index (χ4v) is 12.1. The summed E-state index contributed by atoms with van der Waals surface area (Å²) in [5.41, 5.74) is 0.293. The highest BCUT2D eigenvalue weighted by Gasteiger charge is 2.15. The van der Waals surface area contributed by atoms with E-state index < -0.39 is 0 Å². The first-order chi connectivity index (χ1) is 4.93. The summed E-state index contributed by atoms with van der Waals surface area (Å²) in [6.45, 7) is 2.27. The number of hydrogen-bond acceptors (Lipinski definition) is 3. The van der Waals surface area contributed by atoms with Gasteiger partial charge in [0.2, 0.25) is 0 Å². The molecule has 10 heavy (non-hydrogen) atoms. The molecule has 1 aliphatic rings. The second kappa shape index (κ2) is 6.05. The fraction of sp³-hybridized carbons (Fsp3) is 1.00. The van der Waals surface area contributed by atoms with E-state index in [4.69, 9.17) is 0 Å². The Morgan fingerprint density at radius 1 is 1.40 bits per heavy atom. The quantitative estimate of drug-likeness (QED) is 0.505. The Morgan fingerprint density at radius 3 is 2.70 bits per heavy atom. The SMILES string of the molecule is CCCCSP1SCCS1. The van der Waals surface area contributed by atoms with Crippen LogP contribution in [0.4, 0.5) is 0 Å². The zero-order valence-corrected chi connectivity index (χ0v) is 9.55. The van der Waals surface area contributed by atoms with Crippen molar-refractivity contribution >= 4 is 39.7 Å². The highest BCUT2D eigenvalue weighted by atomic mass is 33.4. The van der Waals surface area contributed by atoms with Crippen LogP contribution >= 0.6 is 39.7 Å². The smallest absolute Gasteiger partial charge is 0.0729 e. The Morgan fingerprint density at radius 2 is 2.10 bits per heavy atom. The molecule has 0 amide bonds. The molecule has 4 heteroatoms. The van der Waals surface area contributed by atoms with E-state index >= 15 is 0 Å². The molecule has 0 spiro atoms. The van der Waals surface area contributed by atoms with E-state index in [1.54, 1.807) is 0 Å². The van der Waals surface area contributed by atoms with Crippen LogP contribution < -0.4 is 0 Å². The molecule has 1 heterocycles. The Kier molecular flexibility index (Phi) is 5.79. The van der Waals surface area contributed by atoms with Crippen LogP contribution in [0.1, 0.15) is 19.8 Å². The first-order valence-electron chi connectivity index (χ1n) is 3.62. The minimum atomic E-state index is 0.293. The highest BCUT2D eigenvalue weighted by Crippen LogP contribution is 2.74. The zero-order valence-electron chi connectivity index (χ0n) is 6.21. The van der Waals surface area contributed by atoms with Crippen molar-refractivity contribution in [1.29, 1.82) is 0 Å². The molecule has 0 bridgehead atoms. The minimum absolute atomic E-state index is 0.293. The van der Waals surface area contributed by atoms with E-state index in [1.807, 2.05) is 0 Å². The molecule has 60 valence electrons. The lowest BCUT2D eigenvalue weighted by atomic mass is 10.4. The molecule has 0 aromatic carbocycles. The van der Waals surface area contributed by atoms with Gasteiger partial charge in [-0.25, -0.2) is 0 Å². The van der Waals surface area contributed by atoms with Crippen LogP contribution in [0, 0.1) is 0 Å². The van der Waals surface area contributed by atoms with E-state index in [9.17, 15) is 0 Å². The molecule has 0 unspecified atom stereocenters. The van der Waals surface area contributed by atoms with Crippen molar-refractivity contribution in [2.75, 3.05) is 17.3 Å². The van der Waals surface area contributed by atoms with Gasteiger partial charge >= 0.3 is 0 Å². The highest BCUT2D eigenvalue weighted by molar-refractivity contribution is 9.13. The summed E-state index contributed by atoms with van der Waals surface area (Å²) in [6, 6.07) is 0. The average molecular weight is 212 g/mol. The van der Waals surface area contributed by atoms with Gasteiger partial charge in [0, 0.05) is 11.5 Å². The lowest BCUT2D eigenvalue weighted by molar-refractivity contribution is 0.898. The van der Waals surface area contributed by atoms with Crippen LogP contribution in [0.15, 0.2) is 0 Å². The van der Waals surface area contributed by atoms with Crippen molar-refractivity contribution in [3.05, 3.63) is 0 Å². The zero-order chi connectivity index (χ0) is 7.23. The number of rotatable bonds is 4. The largest absolute Gasteiger partial charge is 0.112 e. The fourth-order valence-electron chi connectivity index (χ4n) is 0.619. The van der Waals surface area contributed by atoms with E-state index in [-0.39, 0.29) is 0 Å². The molecular weight excluding hydrogens is 199 g/mol. The third-order valence-electron chi connectivity index (χ3n) is 1.17. The molecule has 1 fully saturated rings. The molecule has 0 saturated carbocycles. The monoisotopic (exact) mass is 212 g/mol. The molecule has 0 aromatic heterocycles. The van der Waals surface area contributed by atoms with E-state index in [0.717, 1.165) is 0 Å². The average Bonchev–Trinajstić information content (AvgIpc) is 2.41. The predicted octanol–water partition coefficient (Wildman–Crippen LogP) is 4.23. The van der Waals surface area contributed by atoms with E-state index in [1.165, 1.54) is 30.1 Å². The molecule has 1 rings (SSSR count). The Hall–Kier alpha value is 1.48. The van der Waals surface area contributed by atoms with Gasteiger partial charge in [-0.2, -0.15) is 0 Å². The standard InChI is InChI=1S/C6H13PS3/c1-2-3-4-8-7-9-5-6-10-7/h2-6H2,1H3. The molecule has 0 aliphatic carbocycles. The molecule has 0 atom stereocenters. The number of unbranched alkanes of at least 4 members (excludes halogenated alkanes) is 1. The van der Waals surface area contributed by atoms with Crippen molar-refractivity contribution in [2.45, 2.75) is 19.8 Å². The maximum absolute atomic E-state index is 2.27. The third-order valence-corrected chi connectivity index (χ3v) is 12.5. The Balaban J connectivity index is 1.91.